The van der Waals surface area contributed by atoms with E-state index in [4.69, 9.17) is 18.8 Å². The Morgan fingerprint density at radius 2 is 1.73 bits per heavy atom. The summed E-state index contributed by atoms with van der Waals surface area (Å²) in [4.78, 5) is 0. The van der Waals surface area contributed by atoms with Gasteiger partial charge in [0.05, 0.1) is 17.8 Å². The highest BCUT2D eigenvalue weighted by Crippen LogP contribution is 2.37. The van der Waals surface area contributed by atoms with Crippen molar-refractivity contribution in [2.45, 2.75) is 64.4 Å². The molecule has 4 rings (SSSR count). The van der Waals surface area contributed by atoms with Gasteiger partial charge in [-0.05, 0) is 68.9 Å². The molecule has 0 bridgehead atoms. The molecule has 2 fully saturated rings. The summed E-state index contributed by atoms with van der Waals surface area (Å²) in [7, 11) is -0.416. The molecule has 0 aromatic heterocycles. The second-order valence-electron chi connectivity index (χ2n) is 8.24. The highest BCUT2D eigenvalue weighted by Gasteiger charge is 2.52. The molecule has 2 saturated heterocycles. The van der Waals surface area contributed by atoms with Gasteiger partial charge >= 0.3 is 7.12 Å². The predicted octanol–water partition coefficient (Wildman–Crippen LogP) is 4.04. The Bertz CT molecular complexity index is 780. The van der Waals surface area contributed by atoms with E-state index in [0.717, 1.165) is 47.9 Å². The van der Waals surface area contributed by atoms with Gasteiger partial charge in [0.15, 0.2) is 6.29 Å². The minimum Gasteiger partial charge on any atom is -0.465 e. The summed E-state index contributed by atoms with van der Waals surface area (Å²) < 4.78 is 24.5. The van der Waals surface area contributed by atoms with Crippen LogP contribution in [0.5, 0.6) is 5.75 Å². The van der Waals surface area contributed by atoms with E-state index in [0.29, 0.717) is 0 Å². The lowest BCUT2D eigenvalue weighted by Crippen LogP contribution is -2.41. The van der Waals surface area contributed by atoms with Gasteiger partial charge in [-0.2, -0.15) is 0 Å². The zero-order valence-corrected chi connectivity index (χ0v) is 16.1. The molecule has 0 N–H and O–H groups in total. The summed E-state index contributed by atoms with van der Waals surface area (Å²) in [5.74, 6) is 0.806. The lowest BCUT2D eigenvalue weighted by Gasteiger charge is -2.32. The fraction of sp³-hybridized carbons (Fsp3) is 0.524. The molecule has 1 unspecified atom stereocenters. The molecule has 2 aliphatic heterocycles. The summed E-state index contributed by atoms with van der Waals surface area (Å²) in [6.07, 6.45) is 3.01. The van der Waals surface area contributed by atoms with Crippen LogP contribution in [0.3, 0.4) is 0 Å². The average molecular weight is 354 g/mol. The third kappa shape index (κ3) is 3.24. The van der Waals surface area contributed by atoms with Gasteiger partial charge in [0.1, 0.15) is 5.75 Å². The van der Waals surface area contributed by atoms with Gasteiger partial charge in [0.25, 0.3) is 0 Å². The minimum atomic E-state index is -0.416. The largest absolute Gasteiger partial charge is 0.495 e. The summed E-state index contributed by atoms with van der Waals surface area (Å²) in [6, 6.07) is 12.4. The molecule has 2 heterocycles. The molecule has 138 valence electrons. The first-order valence-electron chi connectivity index (χ1n) is 9.52. The highest BCUT2D eigenvalue weighted by molar-refractivity contribution is 6.65. The van der Waals surface area contributed by atoms with Crippen molar-refractivity contribution in [3.8, 4) is 5.75 Å². The molecule has 2 aromatic rings. The molecule has 0 aliphatic carbocycles. The van der Waals surface area contributed by atoms with E-state index in [9.17, 15) is 0 Å². The van der Waals surface area contributed by atoms with Crippen molar-refractivity contribution < 1.29 is 18.8 Å². The average Bonchev–Trinajstić information content (AvgIpc) is 2.83. The van der Waals surface area contributed by atoms with Gasteiger partial charge in [-0.1, -0.05) is 24.3 Å². The molecular weight excluding hydrogens is 327 g/mol. The van der Waals surface area contributed by atoms with Gasteiger partial charge in [-0.3, -0.25) is 0 Å². The van der Waals surface area contributed by atoms with Crippen LogP contribution in [0.4, 0.5) is 0 Å². The van der Waals surface area contributed by atoms with Crippen LogP contribution in [0.1, 0.15) is 47.0 Å². The van der Waals surface area contributed by atoms with Crippen LogP contribution < -0.4 is 10.2 Å². The maximum Gasteiger partial charge on any atom is 0.495 e. The van der Waals surface area contributed by atoms with E-state index >= 15 is 0 Å². The Hall–Kier alpha value is -1.56. The zero-order chi connectivity index (χ0) is 18.4. The lowest BCUT2D eigenvalue weighted by molar-refractivity contribution is -0.105. The predicted molar refractivity (Wildman–Crippen MR) is 104 cm³/mol. The Morgan fingerprint density at radius 1 is 1.00 bits per heavy atom. The highest BCUT2D eigenvalue weighted by atomic mass is 16.7. The van der Waals surface area contributed by atoms with E-state index in [1.807, 2.05) is 18.2 Å². The van der Waals surface area contributed by atoms with Gasteiger partial charge in [-0.25, -0.2) is 0 Å². The van der Waals surface area contributed by atoms with Crippen molar-refractivity contribution in [3.63, 3.8) is 0 Å². The van der Waals surface area contributed by atoms with Crippen molar-refractivity contribution in [3.05, 3.63) is 36.4 Å². The van der Waals surface area contributed by atoms with Crippen LogP contribution in [0.2, 0.25) is 0 Å². The van der Waals surface area contributed by atoms with E-state index in [1.54, 1.807) is 0 Å². The normalized spacial score (nSPS) is 24.8. The van der Waals surface area contributed by atoms with Crippen molar-refractivity contribution in [1.82, 2.24) is 0 Å². The molecule has 0 spiro atoms. The SMILES string of the molecule is CC1(C)OB(c2cc(OC3CCCCO3)cc3ccccc23)OC1(C)C. The first-order valence-corrected chi connectivity index (χ1v) is 9.52. The molecular formula is C21H27BO4. The summed E-state index contributed by atoms with van der Waals surface area (Å²) in [6.45, 7) is 9.07. The van der Waals surface area contributed by atoms with Gasteiger partial charge in [0.2, 0.25) is 0 Å². The standard InChI is InChI=1S/C21H27BO4/c1-20(2)21(3,4)26-22(25-20)18-14-16(24-19-11-7-8-12-23-19)13-15-9-5-6-10-17(15)18/h5-6,9-10,13-14,19H,7-8,11-12H2,1-4H3. The van der Waals surface area contributed by atoms with Gasteiger partial charge in [-0.15, -0.1) is 0 Å². The molecule has 0 amide bonds. The van der Waals surface area contributed by atoms with Crippen LogP contribution in [-0.2, 0) is 14.0 Å². The third-order valence-electron chi connectivity index (χ3n) is 5.78. The Kier molecular flexibility index (Phi) is 4.50. The van der Waals surface area contributed by atoms with Crippen molar-refractivity contribution in [2.24, 2.45) is 0 Å². The maximum absolute atomic E-state index is 6.29. The maximum atomic E-state index is 6.29. The molecule has 5 heteroatoms. The fourth-order valence-corrected chi connectivity index (χ4v) is 3.50. The van der Waals surface area contributed by atoms with E-state index < -0.39 is 7.12 Å². The molecule has 2 aromatic carbocycles. The first-order chi connectivity index (χ1) is 12.4. The van der Waals surface area contributed by atoms with Crippen LogP contribution in [0, 0.1) is 0 Å². The second kappa shape index (κ2) is 6.56. The monoisotopic (exact) mass is 354 g/mol. The number of hydrogen-bond donors (Lipinski definition) is 0. The van der Waals surface area contributed by atoms with Crippen molar-refractivity contribution in [1.29, 1.82) is 0 Å². The topological polar surface area (TPSA) is 36.9 Å². The first kappa shape index (κ1) is 17.8. The van der Waals surface area contributed by atoms with Crippen LogP contribution in [0.15, 0.2) is 36.4 Å². The molecule has 2 aliphatic rings. The lowest BCUT2D eigenvalue weighted by atomic mass is 9.76. The second-order valence-corrected chi connectivity index (χ2v) is 8.24. The number of rotatable bonds is 3. The van der Waals surface area contributed by atoms with E-state index in [2.05, 4.69) is 45.9 Å². The van der Waals surface area contributed by atoms with Gasteiger partial charge < -0.3 is 18.8 Å². The third-order valence-corrected chi connectivity index (χ3v) is 5.78. The molecule has 26 heavy (non-hydrogen) atoms. The van der Waals surface area contributed by atoms with Crippen LogP contribution in [-0.4, -0.2) is 31.2 Å². The van der Waals surface area contributed by atoms with Crippen LogP contribution >= 0.6 is 0 Å². The minimum absolute atomic E-state index is 0.170. The number of fused-ring (bicyclic) bond motifs is 1. The fourth-order valence-electron chi connectivity index (χ4n) is 3.50. The smallest absolute Gasteiger partial charge is 0.465 e. The molecule has 1 atom stereocenters. The van der Waals surface area contributed by atoms with Crippen LogP contribution in [0.25, 0.3) is 10.8 Å². The van der Waals surface area contributed by atoms with E-state index in [-0.39, 0.29) is 17.5 Å². The van der Waals surface area contributed by atoms with E-state index in [1.165, 1.54) is 0 Å². The Morgan fingerprint density at radius 3 is 2.42 bits per heavy atom. The quantitative estimate of drug-likeness (QED) is 0.780. The summed E-state index contributed by atoms with van der Waals surface area (Å²) in [5, 5.41) is 2.24. The number of hydrogen-bond acceptors (Lipinski definition) is 4. The summed E-state index contributed by atoms with van der Waals surface area (Å²) >= 11 is 0. The summed E-state index contributed by atoms with van der Waals surface area (Å²) in [5.41, 5.74) is 0.261. The zero-order valence-electron chi connectivity index (χ0n) is 16.1. The van der Waals surface area contributed by atoms with Crippen molar-refractivity contribution >= 4 is 23.4 Å². The Balaban J connectivity index is 1.71. The van der Waals surface area contributed by atoms with Gasteiger partial charge in [0, 0.05) is 6.42 Å². The molecule has 0 radical (unpaired) electrons. The molecule has 4 nitrogen and oxygen atoms in total. The van der Waals surface area contributed by atoms with Crippen molar-refractivity contribution in [2.75, 3.05) is 6.61 Å². The molecule has 0 saturated carbocycles. The number of ether oxygens (including phenoxy) is 2. The Labute approximate surface area is 155 Å². The number of benzene rings is 2.